The molecule has 0 aliphatic heterocycles. The van der Waals surface area contributed by atoms with Gasteiger partial charge in [0.25, 0.3) is 0 Å². The highest BCUT2D eigenvalue weighted by Crippen LogP contribution is 2.36. The van der Waals surface area contributed by atoms with Gasteiger partial charge in [-0.05, 0) is 53.8 Å². The first-order valence-electron chi connectivity index (χ1n) is 11.4. The van der Waals surface area contributed by atoms with E-state index in [1.807, 2.05) is 24.3 Å². The molecule has 176 valence electrons. The van der Waals surface area contributed by atoms with Gasteiger partial charge < -0.3 is 19.3 Å². The van der Waals surface area contributed by atoms with Crippen molar-refractivity contribution in [3.8, 4) is 5.75 Å². The minimum Gasteiger partial charge on any atom is -0.491 e. The molecular weight excluding hydrogens is 428 g/mol. The summed E-state index contributed by atoms with van der Waals surface area (Å²) >= 11 is 0. The molecule has 0 spiro atoms. The van der Waals surface area contributed by atoms with Gasteiger partial charge in [0.2, 0.25) is 0 Å². The molecule has 0 aromatic heterocycles. The highest BCUT2D eigenvalue weighted by molar-refractivity contribution is 5.76. The van der Waals surface area contributed by atoms with Crippen LogP contribution in [0.5, 0.6) is 5.75 Å². The molecule has 0 bridgehead atoms. The lowest BCUT2D eigenvalue weighted by Crippen LogP contribution is -2.24. The Bertz CT molecular complexity index is 1120. The van der Waals surface area contributed by atoms with Gasteiger partial charge in [-0.2, -0.15) is 0 Å². The minimum absolute atomic E-state index is 0.173. The lowest BCUT2D eigenvalue weighted by Gasteiger charge is -2.22. The lowest BCUT2D eigenvalue weighted by molar-refractivity contribution is -0.148. The quantitative estimate of drug-likeness (QED) is 0.422. The van der Waals surface area contributed by atoms with E-state index in [0.29, 0.717) is 25.4 Å². The van der Waals surface area contributed by atoms with Crippen LogP contribution in [0.1, 0.15) is 45.0 Å². The normalized spacial score (nSPS) is 13.6. The number of aliphatic carboxylic acids is 1. The first-order chi connectivity index (χ1) is 16.4. The maximum Gasteiger partial charge on any atom is 0.333 e. The van der Waals surface area contributed by atoms with Gasteiger partial charge in [-0.25, -0.2) is 4.79 Å². The highest BCUT2D eigenvalue weighted by atomic mass is 16.5. The molecule has 34 heavy (non-hydrogen) atoms. The van der Waals surface area contributed by atoms with Crippen LogP contribution in [-0.4, -0.2) is 37.5 Å². The van der Waals surface area contributed by atoms with Crippen molar-refractivity contribution in [3.05, 3.63) is 99.6 Å². The van der Waals surface area contributed by atoms with Gasteiger partial charge >= 0.3 is 5.97 Å². The third-order valence-corrected chi connectivity index (χ3v) is 6.03. The Labute approximate surface area is 200 Å². The number of hydrogen-bond acceptors (Lipinski definition) is 4. The highest BCUT2D eigenvalue weighted by Gasteiger charge is 2.23. The van der Waals surface area contributed by atoms with Crippen molar-refractivity contribution >= 4 is 18.1 Å². The zero-order chi connectivity index (χ0) is 24.1. The molecule has 0 radical (unpaired) electrons. The van der Waals surface area contributed by atoms with Crippen LogP contribution in [0.2, 0.25) is 0 Å². The predicted molar refractivity (Wildman–Crippen MR) is 133 cm³/mol. The number of ether oxygens (including phenoxy) is 3. The van der Waals surface area contributed by atoms with Crippen molar-refractivity contribution in [1.29, 1.82) is 0 Å². The Hall–Kier alpha value is -3.41. The second-order valence-electron chi connectivity index (χ2n) is 8.61. The maximum absolute atomic E-state index is 11.2. The topological polar surface area (TPSA) is 65.0 Å². The van der Waals surface area contributed by atoms with Crippen molar-refractivity contribution < 1.29 is 24.1 Å². The van der Waals surface area contributed by atoms with E-state index in [1.165, 1.54) is 18.2 Å². The van der Waals surface area contributed by atoms with Crippen LogP contribution in [-0.2, 0) is 20.7 Å². The van der Waals surface area contributed by atoms with Crippen LogP contribution in [0.3, 0.4) is 0 Å². The molecule has 1 aliphatic carbocycles. The largest absolute Gasteiger partial charge is 0.491 e. The molecule has 0 heterocycles. The fraction of sp³-hybridized carbons (Fsp3) is 0.276. The smallest absolute Gasteiger partial charge is 0.333 e. The van der Waals surface area contributed by atoms with Crippen LogP contribution in [0.15, 0.2) is 60.7 Å². The fourth-order valence-corrected chi connectivity index (χ4v) is 4.21. The van der Waals surface area contributed by atoms with Crippen LogP contribution in [0.4, 0.5) is 0 Å². The number of carbonyl (C=O) groups is 1. The van der Waals surface area contributed by atoms with Crippen molar-refractivity contribution in [3.63, 3.8) is 0 Å². The number of benzene rings is 3. The molecule has 5 heteroatoms. The molecule has 3 aromatic rings. The maximum atomic E-state index is 11.2. The first kappa shape index (κ1) is 23.7. The van der Waals surface area contributed by atoms with E-state index in [4.69, 9.17) is 19.3 Å². The van der Waals surface area contributed by atoms with Crippen LogP contribution in [0.25, 0.3) is 12.2 Å². The van der Waals surface area contributed by atoms with Crippen molar-refractivity contribution in [2.24, 2.45) is 0 Å². The van der Waals surface area contributed by atoms with Gasteiger partial charge in [-0.1, -0.05) is 71.8 Å². The van der Waals surface area contributed by atoms with Gasteiger partial charge in [-0.3, -0.25) is 0 Å². The average Bonchev–Trinajstić information content (AvgIpc) is 2.97. The second-order valence-corrected chi connectivity index (χ2v) is 8.61. The molecule has 0 saturated carbocycles. The summed E-state index contributed by atoms with van der Waals surface area (Å²) in [6.07, 6.45) is 3.59. The molecule has 4 rings (SSSR count). The van der Waals surface area contributed by atoms with Crippen LogP contribution in [0, 0.1) is 13.8 Å². The van der Waals surface area contributed by atoms with E-state index in [0.717, 1.165) is 27.8 Å². The summed E-state index contributed by atoms with van der Waals surface area (Å²) in [5.74, 6) is -0.256. The first-order valence-corrected chi connectivity index (χ1v) is 11.4. The number of aryl methyl sites for hydroxylation is 2. The van der Waals surface area contributed by atoms with Crippen LogP contribution >= 0.6 is 0 Å². The summed E-state index contributed by atoms with van der Waals surface area (Å²) in [6, 6.07) is 20.4. The average molecular weight is 459 g/mol. The molecule has 0 amide bonds. The Morgan fingerprint density at radius 1 is 0.882 bits per heavy atom. The van der Waals surface area contributed by atoms with Crippen molar-refractivity contribution in [1.82, 2.24) is 0 Å². The number of carboxylic acid groups (broad SMARTS) is 1. The molecule has 1 atom stereocenters. The minimum atomic E-state index is -0.970. The molecule has 0 saturated heterocycles. The van der Waals surface area contributed by atoms with Crippen LogP contribution < -0.4 is 4.74 Å². The van der Waals surface area contributed by atoms with Gasteiger partial charge in [0.15, 0.2) is 6.10 Å². The van der Waals surface area contributed by atoms with Crippen molar-refractivity contribution in [2.75, 3.05) is 20.3 Å². The molecule has 0 fully saturated rings. The standard InChI is InChI=1S/C29H30O5/c1-19-4-8-22-10-11-23-9-5-20(2)17-26(23)28(25(22)16-19)34-15-14-33-24-12-6-21(7-13-24)18-27(32-3)29(30)31/h4-13,16-17,27-28H,14-15,18H2,1-3H3,(H,30,31). The predicted octanol–water partition coefficient (Wildman–Crippen LogP) is 5.61. The molecule has 5 nitrogen and oxygen atoms in total. The third-order valence-electron chi connectivity index (χ3n) is 6.03. The van der Waals surface area contributed by atoms with E-state index in [9.17, 15) is 4.79 Å². The summed E-state index contributed by atoms with van der Waals surface area (Å²) in [7, 11) is 1.40. The van der Waals surface area contributed by atoms with Crippen molar-refractivity contribution in [2.45, 2.75) is 32.5 Å². The van der Waals surface area contributed by atoms with E-state index in [-0.39, 0.29) is 6.10 Å². The summed E-state index contributed by atoms with van der Waals surface area (Å²) < 4.78 is 17.3. The lowest BCUT2D eigenvalue weighted by atomic mass is 9.94. The number of rotatable bonds is 9. The zero-order valence-electron chi connectivity index (χ0n) is 19.8. The molecular formula is C29H30O5. The summed E-state index contributed by atoms with van der Waals surface area (Å²) in [5.41, 5.74) is 7.93. The Morgan fingerprint density at radius 2 is 1.47 bits per heavy atom. The second kappa shape index (κ2) is 10.7. The van der Waals surface area contributed by atoms with Gasteiger partial charge in [0, 0.05) is 13.5 Å². The molecule has 1 aliphatic rings. The zero-order valence-corrected chi connectivity index (χ0v) is 19.8. The number of hydrogen-bond donors (Lipinski definition) is 1. The van der Waals surface area contributed by atoms with E-state index in [2.05, 4.69) is 62.4 Å². The molecule has 1 unspecified atom stereocenters. The van der Waals surface area contributed by atoms with Gasteiger partial charge in [0.1, 0.15) is 18.5 Å². The summed E-state index contributed by atoms with van der Waals surface area (Å²) in [4.78, 5) is 11.2. The third kappa shape index (κ3) is 5.56. The summed E-state index contributed by atoms with van der Waals surface area (Å²) in [5, 5.41) is 9.14. The number of methoxy groups -OCH3 is 1. The van der Waals surface area contributed by atoms with E-state index < -0.39 is 12.1 Å². The van der Waals surface area contributed by atoms with Gasteiger partial charge in [-0.15, -0.1) is 0 Å². The Morgan fingerprint density at radius 3 is 2.00 bits per heavy atom. The van der Waals surface area contributed by atoms with E-state index >= 15 is 0 Å². The SMILES string of the molecule is COC(Cc1ccc(OCCOC2c3cc(C)ccc3C=Cc3ccc(C)cc32)cc1)C(=O)O. The molecule has 1 N–H and O–H groups in total. The fourth-order valence-electron chi connectivity index (χ4n) is 4.21. The van der Waals surface area contributed by atoms with E-state index in [1.54, 1.807) is 0 Å². The Balaban J connectivity index is 1.42. The monoisotopic (exact) mass is 458 g/mol. The molecule has 3 aromatic carbocycles. The Kier molecular flexibility index (Phi) is 7.46. The number of fused-ring (bicyclic) bond motifs is 2. The number of carboxylic acids is 1. The summed E-state index contributed by atoms with van der Waals surface area (Å²) in [6.45, 7) is 5.03. The van der Waals surface area contributed by atoms with Gasteiger partial charge in [0.05, 0.1) is 6.61 Å².